The van der Waals surface area contributed by atoms with Crippen molar-refractivity contribution in [3.05, 3.63) is 46.4 Å². The minimum Gasteiger partial charge on any atom is -0.423 e. The Bertz CT molecular complexity index is 519. The molecular weight excluding hydrogens is 355 g/mol. The van der Waals surface area contributed by atoms with Crippen molar-refractivity contribution in [3.63, 3.8) is 0 Å². The van der Waals surface area contributed by atoms with Gasteiger partial charge in [-0.15, -0.1) is 0 Å². The third-order valence-corrected chi connectivity index (χ3v) is 3.23. The molecule has 2 rings (SSSR count). The number of benzene rings is 1. The summed E-state index contributed by atoms with van der Waals surface area (Å²) in [4.78, 5) is 8.02. The predicted octanol–water partition coefficient (Wildman–Crippen LogP) is 4.07. The average molecular weight is 362 g/mol. The zero-order valence-corrected chi connectivity index (χ0v) is 11.7. The lowest BCUT2D eigenvalue weighted by Gasteiger charge is -2.05. The number of alkyl halides is 1. The van der Waals surface area contributed by atoms with Gasteiger partial charge in [-0.2, -0.15) is 0 Å². The fourth-order valence-corrected chi connectivity index (χ4v) is 1.74. The lowest BCUT2D eigenvalue weighted by molar-refractivity contribution is 0.434. The van der Waals surface area contributed by atoms with Gasteiger partial charge in [-0.25, -0.2) is 14.4 Å². The first-order valence-corrected chi connectivity index (χ1v) is 6.60. The normalized spacial score (nSPS) is 10.3. The van der Waals surface area contributed by atoms with Crippen molar-refractivity contribution in [2.45, 2.75) is 5.33 Å². The third-order valence-electron chi connectivity index (χ3n) is 1.93. The van der Waals surface area contributed by atoms with Gasteiger partial charge in [0.05, 0.1) is 4.47 Å². The largest absolute Gasteiger partial charge is 0.423 e. The highest BCUT2D eigenvalue weighted by Crippen LogP contribution is 2.28. The third kappa shape index (κ3) is 3.23. The Kier molecular flexibility index (Phi) is 4.06. The van der Waals surface area contributed by atoms with E-state index in [2.05, 4.69) is 41.8 Å². The summed E-state index contributed by atoms with van der Waals surface area (Å²) in [6, 6.07) is 4.36. The quantitative estimate of drug-likeness (QED) is 0.773. The smallest absolute Gasteiger partial charge is 0.321 e. The summed E-state index contributed by atoms with van der Waals surface area (Å²) in [6.07, 6.45) is 3.29. The molecule has 0 atom stereocenters. The summed E-state index contributed by atoms with van der Waals surface area (Å²) >= 11 is 6.55. The summed E-state index contributed by atoms with van der Waals surface area (Å²) in [5.41, 5.74) is 0.940. The Morgan fingerprint density at radius 3 is 2.59 bits per heavy atom. The van der Waals surface area contributed by atoms with E-state index < -0.39 is 0 Å². The van der Waals surface area contributed by atoms with Crippen LogP contribution in [0.3, 0.4) is 0 Å². The predicted molar refractivity (Wildman–Crippen MR) is 68.8 cm³/mol. The maximum Gasteiger partial charge on any atom is 0.321 e. The van der Waals surface area contributed by atoms with E-state index >= 15 is 0 Å². The van der Waals surface area contributed by atoms with Gasteiger partial charge in [0.2, 0.25) is 0 Å². The zero-order valence-electron chi connectivity index (χ0n) is 8.53. The standard InChI is InChI=1S/C11H7Br2FN2O/c12-4-7-5-15-11(16-6-7)17-10-3-8(14)1-2-9(10)13/h1-3,5-6H,4H2. The molecule has 88 valence electrons. The van der Waals surface area contributed by atoms with Crippen LogP contribution in [-0.4, -0.2) is 9.97 Å². The van der Waals surface area contributed by atoms with Gasteiger partial charge in [-0.3, -0.25) is 0 Å². The molecule has 1 heterocycles. The van der Waals surface area contributed by atoms with Crippen molar-refractivity contribution in [2.24, 2.45) is 0 Å². The highest BCUT2D eigenvalue weighted by molar-refractivity contribution is 9.10. The highest BCUT2D eigenvalue weighted by Gasteiger charge is 2.06. The van der Waals surface area contributed by atoms with Gasteiger partial charge < -0.3 is 4.74 Å². The van der Waals surface area contributed by atoms with Crippen molar-refractivity contribution < 1.29 is 9.13 Å². The first kappa shape index (κ1) is 12.4. The fourth-order valence-electron chi connectivity index (χ4n) is 1.12. The van der Waals surface area contributed by atoms with Crippen LogP contribution >= 0.6 is 31.9 Å². The molecule has 0 aliphatic carbocycles. The summed E-state index contributed by atoms with van der Waals surface area (Å²) < 4.78 is 19.0. The number of halogens is 3. The van der Waals surface area contributed by atoms with E-state index in [-0.39, 0.29) is 11.8 Å². The van der Waals surface area contributed by atoms with Crippen LogP contribution in [0, 0.1) is 5.82 Å². The van der Waals surface area contributed by atoms with Crippen LogP contribution in [0.15, 0.2) is 35.1 Å². The topological polar surface area (TPSA) is 35.0 Å². The minimum atomic E-state index is -0.375. The molecule has 3 nitrogen and oxygen atoms in total. The second kappa shape index (κ2) is 5.55. The minimum absolute atomic E-state index is 0.181. The van der Waals surface area contributed by atoms with Crippen molar-refractivity contribution in [1.29, 1.82) is 0 Å². The fraction of sp³-hybridized carbons (Fsp3) is 0.0909. The van der Waals surface area contributed by atoms with E-state index in [9.17, 15) is 4.39 Å². The molecule has 0 N–H and O–H groups in total. The molecule has 0 saturated carbocycles. The SMILES string of the molecule is Fc1ccc(Br)c(Oc2ncc(CBr)cn2)c1. The molecule has 0 fully saturated rings. The zero-order chi connectivity index (χ0) is 12.3. The highest BCUT2D eigenvalue weighted by atomic mass is 79.9. The van der Waals surface area contributed by atoms with Crippen LogP contribution in [0.5, 0.6) is 11.8 Å². The Balaban J connectivity index is 2.22. The molecule has 1 aromatic carbocycles. The number of aromatic nitrogens is 2. The monoisotopic (exact) mass is 360 g/mol. The lowest BCUT2D eigenvalue weighted by Crippen LogP contribution is -1.93. The number of nitrogens with zero attached hydrogens (tertiary/aromatic N) is 2. The Morgan fingerprint density at radius 1 is 1.24 bits per heavy atom. The maximum absolute atomic E-state index is 13.0. The summed E-state index contributed by atoms with van der Waals surface area (Å²) in [7, 11) is 0. The number of hydrogen-bond donors (Lipinski definition) is 0. The molecule has 0 unspecified atom stereocenters. The van der Waals surface area contributed by atoms with E-state index in [0.717, 1.165) is 5.56 Å². The van der Waals surface area contributed by atoms with Crippen LogP contribution < -0.4 is 4.74 Å². The Labute approximate surface area is 114 Å². The number of hydrogen-bond acceptors (Lipinski definition) is 3. The first-order valence-electron chi connectivity index (χ1n) is 4.69. The summed E-state index contributed by atoms with van der Waals surface area (Å²) in [5.74, 6) is -0.0307. The van der Waals surface area contributed by atoms with E-state index in [1.807, 2.05) is 0 Å². The van der Waals surface area contributed by atoms with E-state index in [1.54, 1.807) is 18.5 Å². The molecule has 0 aliphatic rings. The van der Waals surface area contributed by atoms with E-state index in [4.69, 9.17) is 4.74 Å². The average Bonchev–Trinajstić information content (AvgIpc) is 2.35. The molecule has 0 bridgehead atoms. The van der Waals surface area contributed by atoms with Gasteiger partial charge in [0.15, 0.2) is 0 Å². The van der Waals surface area contributed by atoms with Gasteiger partial charge >= 0.3 is 6.01 Å². The molecule has 17 heavy (non-hydrogen) atoms. The van der Waals surface area contributed by atoms with Gasteiger partial charge in [0.25, 0.3) is 0 Å². The molecule has 1 aromatic heterocycles. The molecule has 6 heteroatoms. The summed E-state index contributed by atoms with van der Waals surface area (Å²) in [5, 5.41) is 0.678. The second-order valence-electron chi connectivity index (χ2n) is 3.18. The number of rotatable bonds is 3. The van der Waals surface area contributed by atoms with Crippen molar-refractivity contribution in [2.75, 3.05) is 0 Å². The van der Waals surface area contributed by atoms with E-state index in [0.29, 0.717) is 15.6 Å². The molecule has 0 radical (unpaired) electrons. The number of ether oxygens (including phenoxy) is 1. The summed E-state index contributed by atoms with van der Waals surface area (Å²) in [6.45, 7) is 0. The molecule has 0 saturated heterocycles. The van der Waals surface area contributed by atoms with Crippen LogP contribution in [0.25, 0.3) is 0 Å². The maximum atomic E-state index is 13.0. The first-order chi connectivity index (χ1) is 8.19. The molecule has 0 aliphatic heterocycles. The van der Waals surface area contributed by atoms with Gasteiger partial charge in [0.1, 0.15) is 11.6 Å². The van der Waals surface area contributed by atoms with Crippen LogP contribution in [-0.2, 0) is 5.33 Å². The van der Waals surface area contributed by atoms with Gasteiger partial charge in [0, 0.05) is 23.8 Å². The molecular formula is C11H7Br2FN2O. The molecule has 0 amide bonds. The molecule has 0 spiro atoms. The van der Waals surface area contributed by atoms with Crippen molar-refractivity contribution >= 4 is 31.9 Å². The Morgan fingerprint density at radius 2 is 1.94 bits per heavy atom. The lowest BCUT2D eigenvalue weighted by atomic mass is 10.3. The molecule has 2 aromatic rings. The Hall–Kier alpha value is -1.01. The van der Waals surface area contributed by atoms with Crippen LogP contribution in [0.2, 0.25) is 0 Å². The van der Waals surface area contributed by atoms with Gasteiger partial charge in [-0.05, 0) is 33.6 Å². The second-order valence-corrected chi connectivity index (χ2v) is 4.60. The van der Waals surface area contributed by atoms with Gasteiger partial charge in [-0.1, -0.05) is 15.9 Å². The van der Waals surface area contributed by atoms with Crippen LogP contribution in [0.1, 0.15) is 5.56 Å². The van der Waals surface area contributed by atoms with Crippen molar-refractivity contribution in [1.82, 2.24) is 9.97 Å². The van der Waals surface area contributed by atoms with Crippen LogP contribution in [0.4, 0.5) is 4.39 Å². The van der Waals surface area contributed by atoms with E-state index in [1.165, 1.54) is 12.1 Å². The van der Waals surface area contributed by atoms with Crippen molar-refractivity contribution in [3.8, 4) is 11.8 Å².